The second-order valence-electron chi connectivity index (χ2n) is 23.1. The maximum absolute atomic E-state index is 12.9. The third kappa shape index (κ3) is 57.6. The summed E-state index contributed by atoms with van der Waals surface area (Å²) in [7, 11) is 5.98. The first-order chi connectivity index (χ1) is 35.6. The quantitative estimate of drug-likeness (QED) is 0.0211. The van der Waals surface area contributed by atoms with E-state index in [0.29, 0.717) is 17.4 Å². The van der Waals surface area contributed by atoms with Crippen LogP contribution in [0.5, 0.6) is 0 Å². The number of quaternary nitrogens is 1. The van der Waals surface area contributed by atoms with E-state index in [9.17, 15) is 19.5 Å². The van der Waals surface area contributed by atoms with Gasteiger partial charge in [0.1, 0.15) is 13.2 Å². The SMILES string of the molecule is CCCCCCCCCC/C=C\CCCCCCCCCCCC(=O)OC(COC(=O)CCCCCCCCCCCCCCCCCCCCCCCCCCCCC)COC(OCC[N+](C)(C)C)C(=O)O. The summed E-state index contributed by atoms with van der Waals surface area (Å²) in [4.78, 5) is 37.5. The van der Waals surface area contributed by atoms with Gasteiger partial charge in [0.25, 0.3) is 6.29 Å². The van der Waals surface area contributed by atoms with Crippen LogP contribution < -0.4 is 0 Å². The van der Waals surface area contributed by atoms with Crippen molar-refractivity contribution in [2.24, 2.45) is 0 Å². The van der Waals surface area contributed by atoms with E-state index in [0.717, 1.165) is 38.5 Å². The number of hydrogen-bond acceptors (Lipinski definition) is 7. The molecule has 2 unspecified atom stereocenters. The van der Waals surface area contributed by atoms with Gasteiger partial charge in [-0.1, -0.05) is 283 Å². The monoisotopic (exact) mass is 1030 g/mol. The summed E-state index contributed by atoms with van der Waals surface area (Å²) >= 11 is 0. The van der Waals surface area contributed by atoms with E-state index in [4.69, 9.17) is 18.9 Å². The number of nitrogens with zero attached hydrogens (tertiary/aromatic N) is 1. The number of carbonyl (C=O) groups excluding carboxylic acids is 2. The first kappa shape index (κ1) is 71.0. The van der Waals surface area contributed by atoms with Crippen LogP contribution in [0, 0.1) is 0 Å². The fourth-order valence-corrected chi connectivity index (χ4v) is 9.60. The molecule has 1 N–H and O–H groups in total. The highest BCUT2D eigenvalue weighted by molar-refractivity contribution is 5.71. The molecule has 9 heteroatoms. The minimum absolute atomic E-state index is 0.176. The van der Waals surface area contributed by atoms with E-state index >= 15 is 0 Å². The molecule has 0 saturated heterocycles. The average molecular weight is 1040 g/mol. The third-order valence-corrected chi connectivity index (χ3v) is 14.5. The topological polar surface area (TPSA) is 108 Å². The van der Waals surface area contributed by atoms with Crippen LogP contribution in [0.15, 0.2) is 12.2 Å². The van der Waals surface area contributed by atoms with Gasteiger partial charge in [-0.2, -0.15) is 0 Å². The standard InChI is InChI=1S/C64H123NO8/c1-6-8-10-12-14-16-18-20-22-24-26-28-29-30-31-32-33-35-36-38-40-42-44-46-48-50-52-54-61(66)71-58-60(59-72-64(63(68)69)70-57-56-65(3,4)5)73-62(67)55-53-51-49-47-45-43-41-39-37-34-27-25-23-21-19-17-15-13-11-9-7-2/h25,27,60,64H,6-24,26,28-59H2,1-5H3/p+1/b27-25-. The highest BCUT2D eigenvalue weighted by atomic mass is 16.7. The molecular formula is C64H124NO8+. The lowest BCUT2D eigenvalue weighted by molar-refractivity contribution is -0.870. The molecule has 0 aromatic heterocycles. The predicted octanol–water partition coefficient (Wildman–Crippen LogP) is 18.9. The largest absolute Gasteiger partial charge is 0.477 e. The van der Waals surface area contributed by atoms with Crippen molar-refractivity contribution in [2.45, 2.75) is 334 Å². The van der Waals surface area contributed by atoms with Gasteiger partial charge in [-0.05, 0) is 38.5 Å². The maximum Gasteiger partial charge on any atom is 0.361 e. The van der Waals surface area contributed by atoms with E-state index in [-0.39, 0.29) is 38.2 Å². The number of aliphatic carboxylic acids is 1. The summed E-state index contributed by atoms with van der Waals surface area (Å²) in [6.45, 7) is 4.94. The van der Waals surface area contributed by atoms with Crippen LogP contribution in [0.25, 0.3) is 0 Å². The molecule has 0 radical (unpaired) electrons. The normalized spacial score (nSPS) is 12.7. The molecule has 0 heterocycles. The zero-order valence-electron chi connectivity index (χ0n) is 49.3. The Morgan fingerprint density at radius 2 is 0.699 bits per heavy atom. The molecule has 0 aliphatic heterocycles. The van der Waals surface area contributed by atoms with Gasteiger partial charge in [-0.3, -0.25) is 9.59 Å². The Kier molecular flexibility index (Phi) is 54.7. The number of ether oxygens (including phenoxy) is 4. The molecule has 73 heavy (non-hydrogen) atoms. The molecule has 0 fully saturated rings. The molecule has 0 rings (SSSR count). The molecule has 0 bridgehead atoms. The van der Waals surface area contributed by atoms with Crippen molar-refractivity contribution in [1.82, 2.24) is 0 Å². The Bertz CT molecular complexity index is 1200. The van der Waals surface area contributed by atoms with Crippen LogP contribution in [0.1, 0.15) is 322 Å². The number of carboxylic acids is 1. The smallest absolute Gasteiger partial charge is 0.361 e. The molecular weight excluding hydrogens is 911 g/mol. The Hall–Kier alpha value is -1.97. The molecule has 432 valence electrons. The fourth-order valence-electron chi connectivity index (χ4n) is 9.60. The molecule has 0 amide bonds. The molecule has 0 aliphatic carbocycles. The van der Waals surface area contributed by atoms with E-state index in [2.05, 4.69) is 26.0 Å². The summed E-state index contributed by atoms with van der Waals surface area (Å²) in [6.07, 6.45) is 63.1. The lowest BCUT2D eigenvalue weighted by atomic mass is 10.0. The lowest BCUT2D eigenvalue weighted by Gasteiger charge is -2.25. The van der Waals surface area contributed by atoms with Crippen molar-refractivity contribution < 1.29 is 42.9 Å². The molecule has 0 aromatic rings. The molecule has 2 atom stereocenters. The van der Waals surface area contributed by atoms with E-state index in [1.807, 2.05) is 21.1 Å². The number of carboxylic acid groups (broad SMARTS) is 1. The molecule has 0 spiro atoms. The minimum Gasteiger partial charge on any atom is -0.477 e. The van der Waals surface area contributed by atoms with E-state index < -0.39 is 18.4 Å². The van der Waals surface area contributed by atoms with Crippen LogP contribution in [0.4, 0.5) is 0 Å². The van der Waals surface area contributed by atoms with Crippen molar-refractivity contribution in [3.8, 4) is 0 Å². The van der Waals surface area contributed by atoms with Gasteiger partial charge in [0, 0.05) is 12.8 Å². The fraction of sp³-hybridized carbons (Fsp3) is 0.922. The van der Waals surface area contributed by atoms with Crippen LogP contribution >= 0.6 is 0 Å². The number of allylic oxidation sites excluding steroid dienone is 2. The predicted molar refractivity (Wildman–Crippen MR) is 309 cm³/mol. The lowest BCUT2D eigenvalue weighted by Crippen LogP contribution is -2.40. The van der Waals surface area contributed by atoms with Crippen LogP contribution in [-0.2, 0) is 33.3 Å². The molecule has 0 saturated carbocycles. The zero-order valence-corrected chi connectivity index (χ0v) is 49.3. The molecule has 0 aliphatic rings. The van der Waals surface area contributed by atoms with E-state index in [1.165, 1.54) is 257 Å². The van der Waals surface area contributed by atoms with Crippen LogP contribution in [0.2, 0.25) is 0 Å². The first-order valence-electron chi connectivity index (χ1n) is 31.9. The van der Waals surface area contributed by atoms with Crippen LogP contribution in [0.3, 0.4) is 0 Å². The number of likely N-dealkylation sites (N-methyl/N-ethyl adjacent to an activating group) is 1. The Balaban J connectivity index is 4.12. The van der Waals surface area contributed by atoms with Gasteiger partial charge in [-0.25, -0.2) is 4.79 Å². The summed E-state index contributed by atoms with van der Waals surface area (Å²) in [6, 6.07) is 0. The second kappa shape index (κ2) is 56.2. The minimum atomic E-state index is -1.51. The number of unbranched alkanes of at least 4 members (excludes halogenated alkanes) is 43. The number of rotatable bonds is 60. The highest BCUT2D eigenvalue weighted by Gasteiger charge is 2.25. The molecule has 9 nitrogen and oxygen atoms in total. The van der Waals surface area contributed by atoms with Gasteiger partial charge in [-0.15, -0.1) is 0 Å². The summed E-state index contributed by atoms with van der Waals surface area (Å²) in [5, 5.41) is 9.72. The summed E-state index contributed by atoms with van der Waals surface area (Å²) in [5.41, 5.74) is 0. The van der Waals surface area contributed by atoms with Crippen LogP contribution in [-0.4, -0.2) is 87.4 Å². The number of hydrogen-bond donors (Lipinski definition) is 1. The Morgan fingerprint density at radius 3 is 1.01 bits per heavy atom. The number of esters is 2. The summed E-state index contributed by atoms with van der Waals surface area (Å²) in [5.74, 6) is -1.98. The third-order valence-electron chi connectivity index (χ3n) is 14.5. The van der Waals surface area contributed by atoms with Gasteiger partial charge in [0.15, 0.2) is 6.10 Å². The van der Waals surface area contributed by atoms with Gasteiger partial charge < -0.3 is 28.5 Å². The van der Waals surface area contributed by atoms with Gasteiger partial charge in [0.05, 0.1) is 34.4 Å². The molecule has 0 aromatic carbocycles. The van der Waals surface area contributed by atoms with E-state index in [1.54, 1.807) is 0 Å². The second-order valence-corrected chi connectivity index (χ2v) is 23.1. The van der Waals surface area contributed by atoms with Gasteiger partial charge >= 0.3 is 17.9 Å². The van der Waals surface area contributed by atoms with Crippen molar-refractivity contribution in [1.29, 1.82) is 0 Å². The Morgan fingerprint density at radius 1 is 0.397 bits per heavy atom. The Labute approximate surface area is 453 Å². The average Bonchev–Trinajstić information content (AvgIpc) is 3.36. The van der Waals surface area contributed by atoms with Crippen molar-refractivity contribution in [3.05, 3.63) is 12.2 Å². The number of carbonyl (C=O) groups is 3. The first-order valence-corrected chi connectivity index (χ1v) is 31.9. The highest BCUT2D eigenvalue weighted by Crippen LogP contribution is 2.18. The van der Waals surface area contributed by atoms with Gasteiger partial charge in [0.2, 0.25) is 0 Å². The van der Waals surface area contributed by atoms with Crippen molar-refractivity contribution in [2.75, 3.05) is 47.5 Å². The maximum atomic E-state index is 12.9. The van der Waals surface area contributed by atoms with Crippen molar-refractivity contribution in [3.63, 3.8) is 0 Å². The zero-order chi connectivity index (χ0) is 53.4. The van der Waals surface area contributed by atoms with Crippen molar-refractivity contribution >= 4 is 17.9 Å². The summed E-state index contributed by atoms with van der Waals surface area (Å²) < 4.78 is 22.9.